The molecule has 0 bridgehead atoms. The molecule has 1 aliphatic heterocycles. The Morgan fingerprint density at radius 1 is 0.889 bits per heavy atom. The van der Waals surface area contributed by atoms with Gasteiger partial charge in [-0.3, -0.25) is 0 Å². The van der Waals surface area contributed by atoms with Crippen molar-refractivity contribution in [2.45, 2.75) is 13.1 Å². The summed E-state index contributed by atoms with van der Waals surface area (Å²) in [5, 5.41) is 15.0. The second kappa shape index (κ2) is 6.60. The summed E-state index contributed by atoms with van der Waals surface area (Å²) in [6.07, 6.45) is -1.87. The molecule has 2 aromatic carbocycles. The van der Waals surface area contributed by atoms with Crippen molar-refractivity contribution >= 4 is 11.4 Å². The van der Waals surface area contributed by atoms with Gasteiger partial charge in [0.05, 0.1) is 25.5 Å². The molecule has 0 aromatic heterocycles. The number of anilines is 1. The van der Waals surface area contributed by atoms with Gasteiger partial charge in [0.15, 0.2) is 40.5 Å². The van der Waals surface area contributed by atoms with Gasteiger partial charge in [0.1, 0.15) is 5.56 Å². The van der Waals surface area contributed by atoms with Crippen molar-refractivity contribution in [2.75, 3.05) is 19.5 Å². The van der Waals surface area contributed by atoms with Crippen LogP contribution in [0.2, 0.25) is 0 Å². The van der Waals surface area contributed by atoms with Gasteiger partial charge < -0.3 is 20.0 Å². The molecule has 0 spiro atoms. The molecule has 0 saturated heterocycles. The van der Waals surface area contributed by atoms with Gasteiger partial charge >= 0.3 is 0 Å². The molecule has 1 N–H and O–H groups in total. The van der Waals surface area contributed by atoms with Crippen molar-refractivity contribution < 1.29 is 36.2 Å². The molecule has 1 atom stereocenters. The smallest absolute Gasteiger partial charge is 0.269 e. The van der Waals surface area contributed by atoms with E-state index in [4.69, 9.17) is 9.47 Å². The van der Waals surface area contributed by atoms with E-state index < -0.39 is 40.8 Å². The largest absolute Gasteiger partial charge is 0.622 e. The molecule has 2 aromatic rings. The summed E-state index contributed by atoms with van der Waals surface area (Å²) in [6, 6.07) is 2.85. The SMILES string of the molecule is COc1cc2c(cc1OC)C(C)=[N+]([O-])C(c1c(F)c(F)c(F)c(F)c1F)N2. The monoisotopic (exact) mass is 388 g/mol. The van der Waals surface area contributed by atoms with Crippen molar-refractivity contribution in [1.82, 2.24) is 0 Å². The van der Waals surface area contributed by atoms with Gasteiger partial charge in [0, 0.05) is 13.0 Å². The normalized spacial score (nSPS) is 16.1. The molecular formula is C17H13F5N2O3. The van der Waals surface area contributed by atoms with E-state index >= 15 is 0 Å². The summed E-state index contributed by atoms with van der Waals surface area (Å²) in [5.41, 5.74) is -0.770. The van der Waals surface area contributed by atoms with Crippen LogP contribution in [0.25, 0.3) is 0 Å². The fourth-order valence-electron chi connectivity index (χ4n) is 2.87. The first-order valence-corrected chi connectivity index (χ1v) is 7.57. The first kappa shape index (κ1) is 18.7. The fraction of sp³-hybridized carbons (Fsp3) is 0.235. The number of hydrogen-bond acceptors (Lipinski definition) is 4. The zero-order chi connectivity index (χ0) is 20.0. The predicted molar refractivity (Wildman–Crippen MR) is 85.6 cm³/mol. The number of nitrogens with one attached hydrogen (secondary N) is 1. The minimum absolute atomic E-state index is 0.0151. The molecule has 1 aliphatic rings. The molecule has 5 nitrogen and oxygen atoms in total. The van der Waals surface area contributed by atoms with Gasteiger partial charge in [-0.1, -0.05) is 0 Å². The van der Waals surface area contributed by atoms with Gasteiger partial charge in [-0.2, -0.15) is 4.74 Å². The van der Waals surface area contributed by atoms with E-state index in [1.165, 1.54) is 33.3 Å². The number of rotatable bonds is 3. The van der Waals surface area contributed by atoms with Gasteiger partial charge in [0.25, 0.3) is 6.17 Å². The third-order valence-electron chi connectivity index (χ3n) is 4.29. The Hall–Kier alpha value is -3.04. The Morgan fingerprint density at radius 2 is 1.37 bits per heavy atom. The summed E-state index contributed by atoms with van der Waals surface area (Å²) in [6.45, 7) is 1.34. The number of hydroxylamine groups is 1. The van der Waals surface area contributed by atoms with E-state index in [1.807, 2.05) is 0 Å². The second-order valence-corrected chi connectivity index (χ2v) is 5.69. The average Bonchev–Trinajstić information content (AvgIpc) is 2.67. The summed E-state index contributed by atoms with van der Waals surface area (Å²) in [4.78, 5) is 0. The Bertz CT molecular complexity index is 949. The van der Waals surface area contributed by atoms with Gasteiger partial charge in [-0.15, -0.1) is 0 Å². The van der Waals surface area contributed by atoms with Crippen molar-refractivity contribution in [3.63, 3.8) is 0 Å². The van der Waals surface area contributed by atoms with Gasteiger partial charge in [-0.25, -0.2) is 22.0 Å². The number of hydrogen-bond donors (Lipinski definition) is 1. The lowest BCUT2D eigenvalue weighted by Crippen LogP contribution is -2.33. The molecule has 1 unspecified atom stereocenters. The molecule has 27 heavy (non-hydrogen) atoms. The fourth-order valence-corrected chi connectivity index (χ4v) is 2.87. The Labute approximate surface area is 150 Å². The zero-order valence-corrected chi connectivity index (χ0v) is 14.3. The maximum Gasteiger partial charge on any atom is 0.269 e. The van der Waals surface area contributed by atoms with Crippen LogP contribution in [-0.4, -0.2) is 24.7 Å². The van der Waals surface area contributed by atoms with Crippen LogP contribution in [0.15, 0.2) is 12.1 Å². The van der Waals surface area contributed by atoms with E-state index in [0.29, 0.717) is 11.3 Å². The molecule has 0 fully saturated rings. The first-order chi connectivity index (χ1) is 12.7. The number of fused-ring (bicyclic) bond motifs is 1. The average molecular weight is 388 g/mol. The highest BCUT2D eigenvalue weighted by molar-refractivity contribution is 6.02. The van der Waals surface area contributed by atoms with Gasteiger partial charge in [0.2, 0.25) is 5.82 Å². The summed E-state index contributed by atoms with van der Waals surface area (Å²) in [7, 11) is 2.73. The van der Waals surface area contributed by atoms with Crippen LogP contribution in [-0.2, 0) is 0 Å². The molecule has 0 aliphatic carbocycles. The van der Waals surface area contributed by atoms with Crippen LogP contribution < -0.4 is 14.8 Å². The molecule has 0 amide bonds. The number of halogens is 5. The molecule has 1 heterocycles. The first-order valence-electron chi connectivity index (χ1n) is 7.57. The van der Waals surface area contributed by atoms with Crippen LogP contribution in [0.3, 0.4) is 0 Å². The highest BCUT2D eigenvalue weighted by Gasteiger charge is 2.38. The van der Waals surface area contributed by atoms with Crippen molar-refractivity contribution in [1.29, 1.82) is 0 Å². The van der Waals surface area contributed by atoms with Crippen molar-refractivity contribution in [2.24, 2.45) is 0 Å². The van der Waals surface area contributed by atoms with E-state index in [0.717, 1.165) is 0 Å². The molecule has 3 rings (SSSR count). The van der Waals surface area contributed by atoms with Crippen LogP contribution in [0.5, 0.6) is 11.5 Å². The molecule has 10 heteroatoms. The topological polar surface area (TPSA) is 56.6 Å². The molecule has 0 saturated carbocycles. The van der Waals surface area contributed by atoms with Crippen LogP contribution in [0.4, 0.5) is 27.6 Å². The third kappa shape index (κ3) is 2.71. The Morgan fingerprint density at radius 3 is 1.89 bits per heavy atom. The molecule has 144 valence electrons. The maximum absolute atomic E-state index is 14.1. The van der Waals surface area contributed by atoms with E-state index in [-0.39, 0.29) is 21.9 Å². The standard InChI is InChI=1S/C17H13F5N2O3/c1-6-7-4-9(26-2)10(27-3)5-8(7)23-17(24(6)25)11-12(18)14(20)16(22)15(21)13(11)19/h4-5,17,23H,1-3H3. The van der Waals surface area contributed by atoms with E-state index in [9.17, 15) is 27.2 Å². The van der Waals surface area contributed by atoms with Crippen LogP contribution >= 0.6 is 0 Å². The number of nitrogens with zero attached hydrogens (tertiary/aromatic N) is 1. The summed E-state index contributed by atoms with van der Waals surface area (Å²) in [5.74, 6) is -10.2. The lowest BCUT2D eigenvalue weighted by Gasteiger charge is -2.28. The van der Waals surface area contributed by atoms with Crippen LogP contribution in [0, 0.1) is 34.3 Å². The molecule has 0 radical (unpaired) electrons. The predicted octanol–water partition coefficient (Wildman–Crippen LogP) is 3.84. The summed E-state index contributed by atoms with van der Waals surface area (Å²) >= 11 is 0. The Balaban J connectivity index is 2.23. The lowest BCUT2D eigenvalue weighted by atomic mass is 10.0. The number of benzene rings is 2. The maximum atomic E-state index is 14.1. The van der Waals surface area contributed by atoms with Crippen molar-refractivity contribution in [3.05, 3.63) is 57.6 Å². The zero-order valence-electron chi connectivity index (χ0n) is 14.3. The Kier molecular flexibility index (Phi) is 4.58. The van der Waals surface area contributed by atoms with E-state index in [1.54, 1.807) is 0 Å². The summed E-state index contributed by atoms with van der Waals surface area (Å²) < 4.78 is 79.1. The van der Waals surface area contributed by atoms with Crippen molar-refractivity contribution in [3.8, 4) is 11.5 Å². The van der Waals surface area contributed by atoms with Crippen LogP contribution in [0.1, 0.15) is 24.2 Å². The third-order valence-corrected chi connectivity index (χ3v) is 4.29. The molecular weight excluding hydrogens is 375 g/mol. The number of ether oxygens (including phenoxy) is 2. The lowest BCUT2D eigenvalue weighted by molar-refractivity contribution is -0.502. The number of methoxy groups -OCH3 is 2. The minimum Gasteiger partial charge on any atom is -0.622 e. The highest BCUT2D eigenvalue weighted by atomic mass is 19.2. The second-order valence-electron chi connectivity index (χ2n) is 5.69. The van der Waals surface area contributed by atoms with Gasteiger partial charge in [-0.05, 0) is 6.07 Å². The highest BCUT2D eigenvalue weighted by Crippen LogP contribution is 2.39. The van der Waals surface area contributed by atoms with E-state index in [2.05, 4.69) is 5.32 Å². The minimum atomic E-state index is -2.30. The quantitative estimate of drug-likeness (QED) is 0.285.